The van der Waals surface area contributed by atoms with E-state index in [2.05, 4.69) is 6.92 Å². The second-order valence-electron chi connectivity index (χ2n) is 0.902. The van der Waals surface area contributed by atoms with Crippen LogP contribution < -0.4 is 0 Å². The molecule has 0 heterocycles. The first-order valence-corrected chi connectivity index (χ1v) is 12.8. The molecule has 0 saturated heterocycles. The predicted octanol–water partition coefficient (Wildman–Crippen LogP) is 1.97. The molecule has 0 saturated carbocycles. The molecule has 0 N–H and O–H groups in total. The van der Waals surface area contributed by atoms with Crippen LogP contribution in [0.1, 0.15) is 6.92 Å². The number of halogens is 2. The molecule has 0 fully saturated rings. The van der Waals surface area contributed by atoms with Crippen LogP contribution in [0.2, 0.25) is 6.32 Å². The average Bonchev–Trinajstić information content (AvgIpc) is 1.35. The van der Waals surface area contributed by atoms with Crippen LogP contribution in [0.15, 0.2) is 0 Å². The Kier molecular flexibility index (Phi) is 5.85. The molecule has 0 bridgehead atoms. The molecule has 0 atom stereocenters. The van der Waals surface area contributed by atoms with Crippen molar-refractivity contribution in [2.45, 2.75) is 13.2 Å². The third kappa shape index (κ3) is 5.52. The predicted molar refractivity (Wildman–Crippen MR) is 27.9 cm³/mol. The Hall–Kier alpha value is 1.52. The third-order valence-corrected chi connectivity index (χ3v) is 5.46. The Morgan fingerprint density at radius 1 is 1.67 bits per heavy atom. The fourth-order valence-electron chi connectivity index (χ4n) is 0.154. The zero-order valence-electron chi connectivity index (χ0n) is 3.54. The van der Waals surface area contributed by atoms with E-state index < -0.39 is 18.3 Å². The maximum absolute atomic E-state index is 5.50. The fraction of sp³-hybridized carbons (Fsp3) is 1.00. The first kappa shape index (κ1) is 7.52. The SMILES string of the molecule is CC[B]=[Hf]([Cl])[Cl]. The summed E-state index contributed by atoms with van der Waals surface area (Å²) in [4.78, 5) is 0. The van der Waals surface area contributed by atoms with Gasteiger partial charge in [0, 0.05) is 0 Å². The zero-order chi connectivity index (χ0) is 4.99. The van der Waals surface area contributed by atoms with E-state index in [1.54, 1.807) is 0 Å². The molecule has 0 aromatic rings. The molecule has 0 rings (SSSR count). The van der Waals surface area contributed by atoms with Crippen LogP contribution in [0.25, 0.3) is 0 Å². The van der Waals surface area contributed by atoms with Gasteiger partial charge in [-0.15, -0.1) is 0 Å². The van der Waals surface area contributed by atoms with E-state index in [0.29, 0.717) is 0 Å². The van der Waals surface area contributed by atoms with Gasteiger partial charge in [0.15, 0.2) is 0 Å². The molecule has 6 heavy (non-hydrogen) atoms. The van der Waals surface area contributed by atoms with Crippen LogP contribution in [0.5, 0.6) is 0 Å². The molecule has 0 radical (unpaired) electrons. The van der Waals surface area contributed by atoms with Gasteiger partial charge in [0.2, 0.25) is 0 Å². The number of rotatable bonds is 1. The van der Waals surface area contributed by atoms with Crippen LogP contribution in [0, 0.1) is 0 Å². The van der Waals surface area contributed by atoms with Crippen molar-refractivity contribution in [3.8, 4) is 0 Å². The van der Waals surface area contributed by atoms with Gasteiger partial charge in [-0.25, -0.2) is 0 Å². The summed E-state index contributed by atoms with van der Waals surface area (Å²) in [6, 6.07) is 0. The summed E-state index contributed by atoms with van der Waals surface area (Å²) < 4.78 is 2.04. The van der Waals surface area contributed by atoms with Gasteiger partial charge in [0.25, 0.3) is 0 Å². The molecule has 0 spiro atoms. The first-order chi connectivity index (χ1) is 2.77. The number of hydrogen-bond donors (Lipinski definition) is 0. The van der Waals surface area contributed by atoms with Crippen molar-refractivity contribution in [3.05, 3.63) is 0 Å². The summed E-state index contributed by atoms with van der Waals surface area (Å²) in [5, 5.41) is 0. The maximum atomic E-state index is 5.50. The summed E-state index contributed by atoms with van der Waals surface area (Å²) >= 11 is -1.92. The van der Waals surface area contributed by atoms with Crippen molar-refractivity contribution in [2.24, 2.45) is 0 Å². The average molecular weight is 289 g/mol. The Morgan fingerprint density at radius 3 is 2.17 bits per heavy atom. The van der Waals surface area contributed by atoms with Gasteiger partial charge >= 0.3 is 53.2 Å². The summed E-state index contributed by atoms with van der Waals surface area (Å²) in [6.07, 6.45) is 1.04. The summed E-state index contributed by atoms with van der Waals surface area (Å²) in [7, 11) is 11.0. The second kappa shape index (κ2) is 4.67. The van der Waals surface area contributed by atoms with Crippen LogP contribution in [-0.4, -0.2) is 4.43 Å². The van der Waals surface area contributed by atoms with Gasteiger partial charge in [-0.2, -0.15) is 0 Å². The molecular weight excluding hydrogens is 284 g/mol. The Balaban J connectivity index is 3.14. The molecule has 0 aromatic heterocycles. The van der Waals surface area contributed by atoms with Crippen molar-refractivity contribution in [1.82, 2.24) is 0 Å². The zero-order valence-corrected chi connectivity index (χ0v) is 8.64. The molecular formula is C2H5BCl2Hf. The first-order valence-electron chi connectivity index (χ1n) is 1.78. The van der Waals surface area contributed by atoms with Crippen molar-refractivity contribution in [1.29, 1.82) is 0 Å². The standard InChI is InChI=1S/C2H5B.2ClH.Hf/c1-2-3;;;/h2H2,1H3;2*1H;/q;;;+2/p-2. The molecule has 0 aliphatic heterocycles. The molecule has 0 unspecified atom stereocenters. The van der Waals surface area contributed by atoms with Gasteiger partial charge in [0.05, 0.1) is 0 Å². The van der Waals surface area contributed by atoms with Gasteiger partial charge in [0.1, 0.15) is 0 Å². The van der Waals surface area contributed by atoms with Gasteiger partial charge in [-0.1, -0.05) is 0 Å². The van der Waals surface area contributed by atoms with Gasteiger partial charge in [-0.05, 0) is 0 Å². The van der Waals surface area contributed by atoms with Crippen molar-refractivity contribution < 1.29 is 18.3 Å². The minimum absolute atomic E-state index is 1.04. The normalized spacial score (nSPS) is 7.17. The van der Waals surface area contributed by atoms with Crippen molar-refractivity contribution in [2.75, 3.05) is 0 Å². The minimum atomic E-state index is -1.92. The summed E-state index contributed by atoms with van der Waals surface area (Å²) in [5.41, 5.74) is 0. The monoisotopic (exact) mass is 290 g/mol. The van der Waals surface area contributed by atoms with Crippen LogP contribution in [0.3, 0.4) is 0 Å². The van der Waals surface area contributed by atoms with Crippen molar-refractivity contribution >= 4 is 21.6 Å². The molecule has 0 nitrogen and oxygen atoms in total. The van der Waals surface area contributed by atoms with E-state index in [-0.39, 0.29) is 0 Å². The van der Waals surface area contributed by atoms with E-state index in [9.17, 15) is 0 Å². The van der Waals surface area contributed by atoms with E-state index >= 15 is 0 Å². The third-order valence-electron chi connectivity index (χ3n) is 0.358. The van der Waals surface area contributed by atoms with Gasteiger partial charge < -0.3 is 0 Å². The summed E-state index contributed by atoms with van der Waals surface area (Å²) in [5.74, 6) is 0. The van der Waals surface area contributed by atoms with Crippen molar-refractivity contribution in [3.63, 3.8) is 0 Å². The topological polar surface area (TPSA) is 0 Å². The second-order valence-corrected chi connectivity index (χ2v) is 12.7. The molecule has 0 aliphatic carbocycles. The number of hydrogen-bond acceptors (Lipinski definition) is 0. The molecule has 34 valence electrons. The molecule has 0 aromatic carbocycles. The fourth-order valence-corrected chi connectivity index (χ4v) is 3.79. The van der Waals surface area contributed by atoms with Crippen LogP contribution >= 0.6 is 17.2 Å². The van der Waals surface area contributed by atoms with Crippen LogP contribution in [0.4, 0.5) is 0 Å². The van der Waals surface area contributed by atoms with Gasteiger partial charge in [-0.3, -0.25) is 0 Å². The molecule has 0 aliphatic rings. The van der Waals surface area contributed by atoms with E-state index in [4.69, 9.17) is 17.2 Å². The Morgan fingerprint density at radius 2 is 2.17 bits per heavy atom. The Labute approximate surface area is 52.9 Å². The van der Waals surface area contributed by atoms with E-state index in [0.717, 1.165) is 6.32 Å². The van der Waals surface area contributed by atoms with Crippen LogP contribution in [-0.2, 0) is 18.3 Å². The van der Waals surface area contributed by atoms with E-state index in [1.165, 1.54) is 0 Å². The van der Waals surface area contributed by atoms with E-state index in [1.807, 2.05) is 4.43 Å². The quantitative estimate of drug-likeness (QED) is 0.648. The Bertz CT molecular complexity index is 58.6. The molecule has 4 heteroatoms. The summed E-state index contributed by atoms with van der Waals surface area (Å²) in [6.45, 7) is 2.05. The molecule has 0 amide bonds.